The Labute approximate surface area is 200 Å². The number of aromatic nitrogens is 1. The first-order chi connectivity index (χ1) is 16.4. The third kappa shape index (κ3) is 3.95. The van der Waals surface area contributed by atoms with E-state index < -0.39 is 0 Å². The molecule has 0 aliphatic heterocycles. The van der Waals surface area contributed by atoms with Gasteiger partial charge in [-0.15, -0.1) is 0 Å². The predicted molar refractivity (Wildman–Crippen MR) is 135 cm³/mol. The molecular weight excluding hydrogens is 428 g/mol. The summed E-state index contributed by atoms with van der Waals surface area (Å²) in [7, 11) is 9.30. The lowest BCUT2D eigenvalue weighted by molar-refractivity contribution is -0.646. The molecule has 0 spiro atoms. The molecule has 4 aromatic rings. The molecule has 4 rings (SSSR count). The smallest absolute Gasteiger partial charge is 0.284 e. The summed E-state index contributed by atoms with van der Waals surface area (Å²) in [6.45, 7) is -0.320. The lowest BCUT2D eigenvalue weighted by atomic mass is 9.89. The van der Waals surface area contributed by atoms with Gasteiger partial charge in [-0.25, -0.2) is 4.57 Å². The zero-order valence-corrected chi connectivity index (χ0v) is 20.3. The summed E-state index contributed by atoms with van der Waals surface area (Å²) in [5.74, 6) is 2.31. The van der Waals surface area contributed by atoms with Crippen LogP contribution in [-0.2, 0) is 20.3 Å². The van der Waals surface area contributed by atoms with Gasteiger partial charge in [0, 0.05) is 10.9 Å². The molecule has 6 nitrogen and oxygen atoms in total. The van der Waals surface area contributed by atoms with Gasteiger partial charge in [0.2, 0.25) is 0 Å². The van der Waals surface area contributed by atoms with E-state index in [1.807, 2.05) is 75.7 Å². The van der Waals surface area contributed by atoms with Crippen LogP contribution in [0, 0.1) is 0 Å². The number of hydrogen-bond donors (Lipinski definition) is 2. The molecule has 3 aromatic carbocycles. The average molecular weight is 460 g/mol. The Morgan fingerprint density at radius 3 is 2.09 bits per heavy atom. The summed E-state index contributed by atoms with van der Waals surface area (Å²) >= 11 is 0. The van der Waals surface area contributed by atoms with Gasteiger partial charge in [0.15, 0.2) is 11.5 Å². The van der Waals surface area contributed by atoms with Gasteiger partial charge in [0.25, 0.3) is 5.82 Å². The first-order valence-electron chi connectivity index (χ1n) is 11.1. The molecule has 0 saturated heterocycles. The van der Waals surface area contributed by atoms with Crippen molar-refractivity contribution in [2.75, 3.05) is 33.2 Å². The van der Waals surface area contributed by atoms with Crippen molar-refractivity contribution in [2.24, 2.45) is 7.05 Å². The van der Waals surface area contributed by atoms with Crippen LogP contribution in [0.4, 0.5) is 5.82 Å². The number of benzene rings is 3. The number of nitrogens with zero attached hydrogens (tertiary/aromatic N) is 2. The third-order valence-electron chi connectivity index (χ3n) is 6.26. The van der Waals surface area contributed by atoms with E-state index in [1.165, 1.54) is 0 Å². The van der Waals surface area contributed by atoms with E-state index in [0.29, 0.717) is 11.5 Å². The highest BCUT2D eigenvalue weighted by molar-refractivity contribution is 6.04. The van der Waals surface area contributed by atoms with Crippen LogP contribution in [0.1, 0.15) is 11.1 Å². The van der Waals surface area contributed by atoms with E-state index in [0.717, 1.165) is 50.1 Å². The van der Waals surface area contributed by atoms with E-state index in [4.69, 9.17) is 9.47 Å². The maximum absolute atomic E-state index is 10.3. The molecular formula is C28H31N2O4+. The van der Waals surface area contributed by atoms with E-state index in [1.54, 1.807) is 14.2 Å². The lowest BCUT2D eigenvalue weighted by Crippen LogP contribution is -2.38. The minimum absolute atomic E-state index is 0.153. The molecule has 0 saturated carbocycles. The second kappa shape index (κ2) is 9.71. The number of fused-ring (bicyclic) bond motifs is 1. The molecule has 0 aliphatic carbocycles. The Morgan fingerprint density at radius 1 is 0.794 bits per heavy atom. The van der Waals surface area contributed by atoms with Crippen LogP contribution in [0.5, 0.6) is 11.5 Å². The molecule has 0 radical (unpaired) electrons. The number of aliphatic hydroxyl groups excluding tert-OH is 2. The van der Waals surface area contributed by atoms with Gasteiger partial charge in [-0.05, 0) is 52.6 Å². The fraction of sp³-hybridized carbons (Fsp3) is 0.250. The second-order valence-electron chi connectivity index (χ2n) is 8.41. The maximum Gasteiger partial charge on any atom is 0.284 e. The highest BCUT2D eigenvalue weighted by Gasteiger charge is 2.25. The van der Waals surface area contributed by atoms with Crippen molar-refractivity contribution in [1.82, 2.24) is 0 Å². The molecule has 0 atom stereocenters. The number of ether oxygens (including phenoxy) is 2. The monoisotopic (exact) mass is 459 g/mol. The third-order valence-corrected chi connectivity index (χ3v) is 6.26. The summed E-state index contributed by atoms with van der Waals surface area (Å²) < 4.78 is 13.1. The van der Waals surface area contributed by atoms with E-state index in [2.05, 4.69) is 15.5 Å². The van der Waals surface area contributed by atoms with Crippen LogP contribution in [0.3, 0.4) is 0 Å². The van der Waals surface area contributed by atoms with Crippen molar-refractivity contribution in [3.63, 3.8) is 0 Å². The summed E-state index contributed by atoms with van der Waals surface area (Å²) in [6.07, 6.45) is 0. The summed E-state index contributed by atoms with van der Waals surface area (Å²) in [4.78, 5) is 2.07. The Balaban J connectivity index is 2.16. The number of aliphatic hydroxyl groups is 2. The number of anilines is 1. The zero-order chi connectivity index (χ0) is 24.4. The standard InChI is InChI=1S/C28H31N2O4/c1-29(2)28-22-13-20(16-31)23(17-32)27(18-9-7-6-8-10-18)21(22)15-24(30(28)3)19-11-12-25(33-4)26(14-19)34-5/h6-15,31-32H,16-17H2,1-5H3/q+1. The van der Waals surface area contributed by atoms with Crippen molar-refractivity contribution in [1.29, 1.82) is 0 Å². The Kier molecular flexibility index (Phi) is 6.72. The minimum atomic E-state index is -0.167. The Bertz CT molecular complexity index is 1330. The van der Waals surface area contributed by atoms with E-state index in [-0.39, 0.29) is 13.2 Å². The van der Waals surface area contributed by atoms with Gasteiger partial charge in [0.05, 0.1) is 54.0 Å². The largest absolute Gasteiger partial charge is 0.493 e. The summed E-state index contributed by atoms with van der Waals surface area (Å²) in [5.41, 5.74) is 5.32. The van der Waals surface area contributed by atoms with Crippen LogP contribution in [0.2, 0.25) is 0 Å². The van der Waals surface area contributed by atoms with Crippen molar-refractivity contribution in [3.05, 3.63) is 71.8 Å². The summed E-state index contributed by atoms with van der Waals surface area (Å²) in [6, 6.07) is 20.0. The van der Waals surface area contributed by atoms with Gasteiger partial charge in [-0.2, -0.15) is 0 Å². The van der Waals surface area contributed by atoms with Gasteiger partial charge in [-0.3, -0.25) is 4.90 Å². The van der Waals surface area contributed by atoms with E-state index >= 15 is 0 Å². The quantitative estimate of drug-likeness (QED) is 0.408. The topological polar surface area (TPSA) is 66.0 Å². The molecule has 0 bridgehead atoms. The molecule has 1 heterocycles. The summed E-state index contributed by atoms with van der Waals surface area (Å²) in [5, 5.41) is 22.5. The zero-order valence-electron chi connectivity index (χ0n) is 20.3. The van der Waals surface area contributed by atoms with Gasteiger partial charge in [-0.1, -0.05) is 30.3 Å². The molecule has 0 aliphatic rings. The van der Waals surface area contributed by atoms with Gasteiger partial charge in [0.1, 0.15) is 5.69 Å². The maximum atomic E-state index is 10.3. The lowest BCUT2D eigenvalue weighted by Gasteiger charge is -2.21. The number of hydrogen-bond acceptors (Lipinski definition) is 5. The van der Waals surface area contributed by atoms with Crippen LogP contribution in [0.15, 0.2) is 60.7 Å². The number of rotatable bonds is 7. The average Bonchev–Trinajstić information content (AvgIpc) is 2.86. The molecule has 176 valence electrons. The molecule has 1 aromatic heterocycles. The van der Waals surface area contributed by atoms with Crippen LogP contribution < -0.4 is 18.9 Å². The fourth-order valence-electron chi connectivity index (χ4n) is 4.73. The predicted octanol–water partition coefficient (Wildman–Crippen LogP) is 4.07. The van der Waals surface area contributed by atoms with Crippen molar-refractivity contribution < 1.29 is 24.3 Å². The van der Waals surface area contributed by atoms with Crippen molar-refractivity contribution in [2.45, 2.75) is 13.2 Å². The number of methoxy groups -OCH3 is 2. The van der Waals surface area contributed by atoms with Crippen molar-refractivity contribution in [3.8, 4) is 33.9 Å². The first-order valence-corrected chi connectivity index (χ1v) is 11.1. The molecule has 0 unspecified atom stereocenters. The highest BCUT2D eigenvalue weighted by atomic mass is 16.5. The Morgan fingerprint density at radius 2 is 1.50 bits per heavy atom. The SMILES string of the molecule is COc1ccc(-c2cc3c(-c4ccccc4)c(CO)c(CO)cc3c(N(C)C)[n+]2C)cc1OC. The minimum Gasteiger partial charge on any atom is -0.493 e. The van der Waals surface area contributed by atoms with Crippen LogP contribution in [0.25, 0.3) is 33.2 Å². The van der Waals surface area contributed by atoms with Gasteiger partial charge >= 0.3 is 0 Å². The molecule has 0 fully saturated rings. The first kappa shape index (κ1) is 23.5. The Hall–Kier alpha value is -3.61. The van der Waals surface area contributed by atoms with Gasteiger partial charge < -0.3 is 19.7 Å². The second-order valence-corrected chi connectivity index (χ2v) is 8.41. The normalized spacial score (nSPS) is 11.0. The molecule has 6 heteroatoms. The van der Waals surface area contributed by atoms with Crippen LogP contribution in [-0.4, -0.2) is 38.5 Å². The van der Waals surface area contributed by atoms with Crippen LogP contribution >= 0.6 is 0 Å². The molecule has 34 heavy (non-hydrogen) atoms. The fourth-order valence-corrected chi connectivity index (χ4v) is 4.73. The molecule has 0 amide bonds. The number of pyridine rings is 1. The highest BCUT2D eigenvalue weighted by Crippen LogP contribution is 2.40. The molecule has 2 N–H and O–H groups in total. The van der Waals surface area contributed by atoms with E-state index in [9.17, 15) is 10.2 Å². The van der Waals surface area contributed by atoms with Crippen molar-refractivity contribution >= 4 is 16.6 Å².